The Labute approximate surface area is 139 Å². The molecule has 0 bridgehead atoms. The Morgan fingerprint density at radius 3 is 2.74 bits per heavy atom. The lowest BCUT2D eigenvalue weighted by Gasteiger charge is -2.28. The zero-order valence-electron chi connectivity index (χ0n) is 12.6. The number of hydrogen-bond acceptors (Lipinski definition) is 3. The van der Waals surface area contributed by atoms with Gasteiger partial charge in [-0.1, -0.05) is 30.3 Å². The average molecular weight is 327 g/mol. The first kappa shape index (κ1) is 15.3. The molecule has 5 nitrogen and oxygen atoms in total. The molecule has 1 amide bonds. The van der Waals surface area contributed by atoms with Crippen LogP contribution in [0.2, 0.25) is 0 Å². The highest BCUT2D eigenvalue weighted by atomic mass is 32.1. The van der Waals surface area contributed by atoms with Crippen LogP contribution in [0.1, 0.15) is 24.3 Å². The number of allylic oxidation sites excluding steroid dienone is 1. The van der Waals surface area contributed by atoms with E-state index in [1.807, 2.05) is 43.3 Å². The van der Waals surface area contributed by atoms with Gasteiger partial charge in [-0.15, -0.1) is 0 Å². The number of thiocarbonyl (C=S) groups is 1. The van der Waals surface area contributed by atoms with E-state index >= 15 is 0 Å². The standard InChI is InChI=1S/C17H17N3O2S/c1-11-14(16(21)18-10-12-6-3-2-4-7-12)15(20-17(23)19-11)13-8-5-9-22-13/h2-9,15H,10H2,1H3,(H,18,21)(H2,19,20,23)/t15-/m1/s1. The molecule has 0 radical (unpaired) electrons. The van der Waals surface area contributed by atoms with Gasteiger partial charge in [-0.25, -0.2) is 0 Å². The molecule has 3 N–H and O–H groups in total. The van der Waals surface area contributed by atoms with Crippen molar-refractivity contribution < 1.29 is 9.21 Å². The molecule has 2 heterocycles. The minimum absolute atomic E-state index is 0.157. The molecule has 0 saturated carbocycles. The topological polar surface area (TPSA) is 66.3 Å². The fourth-order valence-electron chi connectivity index (χ4n) is 2.54. The van der Waals surface area contributed by atoms with Gasteiger partial charge in [0.2, 0.25) is 0 Å². The van der Waals surface area contributed by atoms with Crippen molar-refractivity contribution in [1.29, 1.82) is 0 Å². The lowest BCUT2D eigenvalue weighted by atomic mass is 10.00. The second-order valence-corrected chi connectivity index (χ2v) is 5.66. The summed E-state index contributed by atoms with van der Waals surface area (Å²) in [5.74, 6) is 0.494. The first-order valence-corrected chi connectivity index (χ1v) is 7.70. The van der Waals surface area contributed by atoms with E-state index in [4.69, 9.17) is 16.6 Å². The zero-order valence-corrected chi connectivity index (χ0v) is 13.4. The van der Waals surface area contributed by atoms with Gasteiger partial charge in [0.15, 0.2) is 5.11 Å². The lowest BCUT2D eigenvalue weighted by molar-refractivity contribution is -0.118. The summed E-state index contributed by atoms with van der Waals surface area (Å²) >= 11 is 5.18. The van der Waals surface area contributed by atoms with Gasteiger partial charge in [-0.3, -0.25) is 4.79 Å². The number of nitrogens with one attached hydrogen (secondary N) is 3. The van der Waals surface area contributed by atoms with Gasteiger partial charge < -0.3 is 20.4 Å². The lowest BCUT2D eigenvalue weighted by Crippen LogP contribution is -2.46. The molecule has 0 fully saturated rings. The SMILES string of the molecule is CC1=C(C(=O)NCc2ccccc2)[C@@H](c2ccco2)NC(=S)N1. The Bertz CT molecular complexity index is 738. The van der Waals surface area contributed by atoms with Gasteiger partial charge in [0.05, 0.1) is 11.8 Å². The van der Waals surface area contributed by atoms with E-state index in [2.05, 4.69) is 16.0 Å². The summed E-state index contributed by atoms with van der Waals surface area (Å²) in [6.07, 6.45) is 1.58. The van der Waals surface area contributed by atoms with Crippen molar-refractivity contribution in [3.05, 3.63) is 71.3 Å². The molecule has 118 valence electrons. The molecule has 23 heavy (non-hydrogen) atoms. The Hall–Kier alpha value is -2.60. The number of rotatable bonds is 4. The molecule has 1 aromatic heterocycles. The summed E-state index contributed by atoms with van der Waals surface area (Å²) in [5, 5.41) is 9.50. The Kier molecular flexibility index (Phi) is 4.43. The smallest absolute Gasteiger partial charge is 0.251 e. The van der Waals surface area contributed by atoms with Gasteiger partial charge >= 0.3 is 0 Å². The molecular weight excluding hydrogens is 310 g/mol. The number of carbonyl (C=O) groups is 1. The summed E-state index contributed by atoms with van der Waals surface area (Å²) in [5.41, 5.74) is 2.34. The van der Waals surface area contributed by atoms with E-state index in [0.29, 0.717) is 23.0 Å². The Morgan fingerprint density at radius 1 is 1.26 bits per heavy atom. The van der Waals surface area contributed by atoms with E-state index in [-0.39, 0.29) is 5.91 Å². The van der Waals surface area contributed by atoms with E-state index in [0.717, 1.165) is 11.3 Å². The third-order valence-electron chi connectivity index (χ3n) is 3.64. The van der Waals surface area contributed by atoms with E-state index in [1.54, 1.807) is 12.3 Å². The van der Waals surface area contributed by atoms with Crippen LogP contribution >= 0.6 is 12.2 Å². The van der Waals surface area contributed by atoms with Crippen molar-refractivity contribution in [3.63, 3.8) is 0 Å². The number of benzene rings is 1. The van der Waals surface area contributed by atoms with E-state index in [1.165, 1.54) is 0 Å². The van der Waals surface area contributed by atoms with Crippen LogP contribution in [0.5, 0.6) is 0 Å². The van der Waals surface area contributed by atoms with Crippen molar-refractivity contribution >= 4 is 23.2 Å². The minimum Gasteiger partial charge on any atom is -0.467 e. The van der Waals surface area contributed by atoms with Gasteiger partial charge in [0.25, 0.3) is 5.91 Å². The van der Waals surface area contributed by atoms with Crippen LogP contribution in [-0.4, -0.2) is 11.0 Å². The summed E-state index contributed by atoms with van der Waals surface area (Å²) in [6, 6.07) is 13.0. The fraction of sp³-hybridized carbons (Fsp3) is 0.176. The monoisotopic (exact) mass is 327 g/mol. The van der Waals surface area contributed by atoms with Gasteiger partial charge in [-0.2, -0.15) is 0 Å². The van der Waals surface area contributed by atoms with Crippen LogP contribution in [0.4, 0.5) is 0 Å². The summed E-state index contributed by atoms with van der Waals surface area (Å²) in [7, 11) is 0. The third-order valence-corrected chi connectivity index (χ3v) is 3.86. The summed E-state index contributed by atoms with van der Waals surface area (Å²) in [4.78, 5) is 12.7. The Balaban J connectivity index is 1.81. The van der Waals surface area contributed by atoms with Crippen LogP contribution in [-0.2, 0) is 11.3 Å². The highest BCUT2D eigenvalue weighted by molar-refractivity contribution is 7.80. The maximum Gasteiger partial charge on any atom is 0.251 e. The molecular formula is C17H17N3O2S. The van der Waals surface area contributed by atoms with Crippen LogP contribution in [0.15, 0.2) is 64.4 Å². The van der Waals surface area contributed by atoms with Crippen LogP contribution < -0.4 is 16.0 Å². The molecule has 1 aromatic carbocycles. The molecule has 3 rings (SSSR count). The maximum absolute atomic E-state index is 12.7. The third kappa shape index (κ3) is 3.43. The second kappa shape index (κ2) is 6.66. The van der Waals surface area contributed by atoms with Crippen molar-refractivity contribution in [1.82, 2.24) is 16.0 Å². The fourth-order valence-corrected chi connectivity index (χ4v) is 2.81. The Morgan fingerprint density at radius 2 is 2.04 bits per heavy atom. The summed E-state index contributed by atoms with van der Waals surface area (Å²) < 4.78 is 5.45. The highest BCUT2D eigenvalue weighted by Gasteiger charge is 2.31. The van der Waals surface area contributed by atoms with Crippen molar-refractivity contribution in [3.8, 4) is 0 Å². The zero-order chi connectivity index (χ0) is 16.2. The van der Waals surface area contributed by atoms with E-state index in [9.17, 15) is 4.79 Å². The van der Waals surface area contributed by atoms with Crippen molar-refractivity contribution in [2.75, 3.05) is 0 Å². The largest absolute Gasteiger partial charge is 0.467 e. The van der Waals surface area contributed by atoms with Crippen LogP contribution in [0, 0.1) is 0 Å². The molecule has 0 unspecified atom stereocenters. The molecule has 2 aromatic rings. The molecule has 1 aliphatic heterocycles. The number of amides is 1. The van der Waals surface area contributed by atoms with Gasteiger partial charge in [0, 0.05) is 12.2 Å². The number of furan rings is 1. The quantitative estimate of drug-likeness (QED) is 0.753. The van der Waals surface area contributed by atoms with Crippen molar-refractivity contribution in [2.45, 2.75) is 19.5 Å². The highest BCUT2D eigenvalue weighted by Crippen LogP contribution is 2.27. The van der Waals surface area contributed by atoms with Gasteiger partial charge in [-0.05, 0) is 36.8 Å². The number of hydrogen-bond donors (Lipinski definition) is 3. The molecule has 1 aliphatic rings. The van der Waals surface area contributed by atoms with Crippen LogP contribution in [0.3, 0.4) is 0 Å². The summed E-state index contributed by atoms with van der Waals surface area (Å²) in [6.45, 7) is 2.30. The second-order valence-electron chi connectivity index (χ2n) is 5.25. The van der Waals surface area contributed by atoms with Crippen molar-refractivity contribution in [2.24, 2.45) is 0 Å². The first-order valence-electron chi connectivity index (χ1n) is 7.29. The normalized spacial score (nSPS) is 17.4. The molecule has 1 atom stereocenters. The minimum atomic E-state index is -0.394. The van der Waals surface area contributed by atoms with Gasteiger partial charge in [0.1, 0.15) is 11.8 Å². The molecule has 0 saturated heterocycles. The first-order chi connectivity index (χ1) is 11.1. The van der Waals surface area contributed by atoms with E-state index < -0.39 is 6.04 Å². The predicted octanol–water partition coefficient (Wildman–Crippen LogP) is 2.39. The van der Waals surface area contributed by atoms with Crippen LogP contribution in [0.25, 0.3) is 0 Å². The molecule has 0 spiro atoms. The maximum atomic E-state index is 12.7. The average Bonchev–Trinajstić information content (AvgIpc) is 3.07. The number of carbonyl (C=O) groups excluding carboxylic acids is 1. The molecule has 0 aliphatic carbocycles. The predicted molar refractivity (Wildman–Crippen MR) is 91.3 cm³/mol. The molecule has 6 heteroatoms.